The highest BCUT2D eigenvalue weighted by molar-refractivity contribution is 6.33. The van der Waals surface area contributed by atoms with Crippen LogP contribution in [0.3, 0.4) is 0 Å². The summed E-state index contributed by atoms with van der Waals surface area (Å²) in [6, 6.07) is 7.98. The van der Waals surface area contributed by atoms with Crippen LogP contribution in [0.15, 0.2) is 48.5 Å². The molecule has 3 aromatic carbocycles. The SMILES string of the molecule is Cc1cc(-c2ccc(C(F)(F)F)cc2Cl)c(C)cc1NC(=O)NC(=O)c1c(F)cccc1F. The highest BCUT2D eigenvalue weighted by atomic mass is 35.5. The van der Waals surface area contributed by atoms with Crippen LogP contribution in [0, 0.1) is 25.5 Å². The highest BCUT2D eigenvalue weighted by Crippen LogP contribution is 2.37. The number of anilines is 1. The van der Waals surface area contributed by atoms with E-state index in [4.69, 9.17) is 11.6 Å². The van der Waals surface area contributed by atoms with Gasteiger partial charge in [0.15, 0.2) is 0 Å². The number of hydrogen-bond acceptors (Lipinski definition) is 2. The lowest BCUT2D eigenvalue weighted by Crippen LogP contribution is -2.35. The Bertz CT molecular complexity index is 1240. The number of amides is 3. The molecule has 0 saturated carbocycles. The van der Waals surface area contributed by atoms with Gasteiger partial charge in [-0.05, 0) is 66.9 Å². The lowest BCUT2D eigenvalue weighted by molar-refractivity contribution is -0.137. The van der Waals surface area contributed by atoms with Gasteiger partial charge in [-0.3, -0.25) is 10.1 Å². The van der Waals surface area contributed by atoms with Crippen LogP contribution in [0.2, 0.25) is 5.02 Å². The van der Waals surface area contributed by atoms with Gasteiger partial charge in [0.2, 0.25) is 0 Å². The fraction of sp³-hybridized carbons (Fsp3) is 0.130. The number of nitrogens with one attached hydrogen (secondary N) is 2. The number of imide groups is 1. The van der Waals surface area contributed by atoms with Crippen LogP contribution in [-0.2, 0) is 6.18 Å². The summed E-state index contributed by atoms with van der Waals surface area (Å²) in [6.45, 7) is 3.28. The molecule has 172 valence electrons. The molecule has 0 saturated heterocycles. The smallest absolute Gasteiger partial charge is 0.307 e. The predicted molar refractivity (Wildman–Crippen MR) is 114 cm³/mol. The van der Waals surface area contributed by atoms with Crippen molar-refractivity contribution in [1.29, 1.82) is 0 Å². The Morgan fingerprint density at radius 2 is 1.52 bits per heavy atom. The first-order chi connectivity index (χ1) is 15.4. The summed E-state index contributed by atoms with van der Waals surface area (Å²) < 4.78 is 66.1. The molecular formula is C23H16ClF5N2O2. The van der Waals surface area contributed by atoms with Crippen molar-refractivity contribution in [3.63, 3.8) is 0 Å². The predicted octanol–water partition coefficient (Wildman–Crippen LogP) is 6.88. The van der Waals surface area contributed by atoms with E-state index in [1.54, 1.807) is 19.9 Å². The van der Waals surface area contributed by atoms with Gasteiger partial charge in [-0.2, -0.15) is 13.2 Å². The summed E-state index contributed by atoms with van der Waals surface area (Å²) in [5, 5.41) is 4.17. The number of benzene rings is 3. The van der Waals surface area contributed by atoms with Gasteiger partial charge in [-0.15, -0.1) is 0 Å². The van der Waals surface area contributed by atoms with Gasteiger partial charge in [0.05, 0.1) is 5.56 Å². The zero-order valence-corrected chi connectivity index (χ0v) is 18.0. The topological polar surface area (TPSA) is 58.2 Å². The molecule has 0 bridgehead atoms. The van der Waals surface area contributed by atoms with Crippen molar-refractivity contribution in [3.05, 3.63) is 87.4 Å². The standard InChI is InChI=1S/C23H16ClF5N2O2/c1-11-9-19(30-22(33)31-21(32)20-17(25)4-3-5-18(20)26)12(2)8-15(11)14-7-6-13(10-16(14)24)23(27,28)29/h3-10H,1-2H3,(H2,30,31,32,33). The van der Waals surface area contributed by atoms with Gasteiger partial charge in [-0.25, -0.2) is 13.6 Å². The molecule has 0 fully saturated rings. The molecule has 0 aliphatic heterocycles. The van der Waals surface area contributed by atoms with Crippen molar-refractivity contribution >= 4 is 29.2 Å². The molecule has 2 N–H and O–H groups in total. The Hall–Kier alpha value is -3.46. The zero-order valence-electron chi connectivity index (χ0n) is 17.2. The first-order valence-corrected chi connectivity index (χ1v) is 9.81. The van der Waals surface area contributed by atoms with Gasteiger partial charge in [0, 0.05) is 16.3 Å². The van der Waals surface area contributed by atoms with E-state index in [0.29, 0.717) is 22.3 Å². The summed E-state index contributed by atoms with van der Waals surface area (Å²) in [7, 11) is 0. The Morgan fingerprint density at radius 3 is 2.09 bits per heavy atom. The number of hydrogen-bond donors (Lipinski definition) is 2. The average Bonchev–Trinajstić information content (AvgIpc) is 2.69. The molecule has 0 spiro atoms. The van der Waals surface area contributed by atoms with Crippen LogP contribution < -0.4 is 10.6 Å². The number of halogens is 6. The third-order valence-corrected chi connectivity index (χ3v) is 5.14. The maximum absolute atomic E-state index is 13.7. The van der Waals surface area contributed by atoms with Crippen LogP contribution in [0.5, 0.6) is 0 Å². The molecule has 3 amide bonds. The molecule has 0 heterocycles. The fourth-order valence-electron chi connectivity index (χ4n) is 3.18. The zero-order chi connectivity index (χ0) is 24.5. The van der Waals surface area contributed by atoms with Crippen molar-refractivity contribution in [1.82, 2.24) is 5.32 Å². The molecule has 3 aromatic rings. The van der Waals surface area contributed by atoms with E-state index < -0.39 is 40.9 Å². The van der Waals surface area contributed by atoms with Crippen LogP contribution in [0.1, 0.15) is 27.0 Å². The second-order valence-electron chi connectivity index (χ2n) is 7.18. The maximum atomic E-state index is 13.7. The van der Waals surface area contributed by atoms with Crippen molar-refractivity contribution in [2.75, 3.05) is 5.32 Å². The second-order valence-corrected chi connectivity index (χ2v) is 7.59. The van der Waals surface area contributed by atoms with E-state index in [1.807, 2.05) is 5.32 Å². The number of urea groups is 1. The summed E-state index contributed by atoms with van der Waals surface area (Å²) in [6.07, 6.45) is -4.53. The molecule has 33 heavy (non-hydrogen) atoms. The monoisotopic (exact) mass is 482 g/mol. The highest BCUT2D eigenvalue weighted by Gasteiger charge is 2.31. The normalized spacial score (nSPS) is 11.3. The quantitative estimate of drug-likeness (QED) is 0.400. The molecule has 0 atom stereocenters. The molecule has 0 unspecified atom stereocenters. The first kappa shape index (κ1) is 24.2. The number of carbonyl (C=O) groups excluding carboxylic acids is 2. The number of carbonyl (C=O) groups is 2. The van der Waals surface area contributed by atoms with Crippen LogP contribution >= 0.6 is 11.6 Å². The van der Waals surface area contributed by atoms with Gasteiger partial charge in [0.1, 0.15) is 17.2 Å². The van der Waals surface area contributed by atoms with E-state index in [9.17, 15) is 31.5 Å². The number of rotatable bonds is 3. The third kappa shape index (κ3) is 5.31. The Labute approximate surface area is 190 Å². The second kappa shape index (κ2) is 9.19. The minimum atomic E-state index is -4.53. The van der Waals surface area contributed by atoms with E-state index >= 15 is 0 Å². The summed E-state index contributed by atoms with van der Waals surface area (Å²) in [5.41, 5.74) is 0.492. The fourth-order valence-corrected chi connectivity index (χ4v) is 3.47. The van der Waals surface area contributed by atoms with Crippen LogP contribution in [0.25, 0.3) is 11.1 Å². The van der Waals surface area contributed by atoms with Gasteiger partial charge in [-0.1, -0.05) is 23.7 Å². The molecule has 0 aromatic heterocycles. The lowest BCUT2D eigenvalue weighted by Gasteiger charge is -2.16. The molecule has 10 heteroatoms. The minimum Gasteiger partial charge on any atom is -0.307 e. The molecule has 4 nitrogen and oxygen atoms in total. The Morgan fingerprint density at radius 1 is 0.879 bits per heavy atom. The van der Waals surface area contributed by atoms with Gasteiger partial charge < -0.3 is 5.32 Å². The van der Waals surface area contributed by atoms with Crippen molar-refractivity contribution in [2.24, 2.45) is 0 Å². The molecule has 3 rings (SSSR count). The van der Waals surface area contributed by atoms with Crippen molar-refractivity contribution in [2.45, 2.75) is 20.0 Å². The Balaban J connectivity index is 1.82. The summed E-state index contributed by atoms with van der Waals surface area (Å²) in [4.78, 5) is 24.3. The van der Waals surface area contributed by atoms with E-state index in [-0.39, 0.29) is 10.7 Å². The summed E-state index contributed by atoms with van der Waals surface area (Å²) >= 11 is 6.08. The number of alkyl halides is 3. The molecular weight excluding hydrogens is 467 g/mol. The lowest BCUT2D eigenvalue weighted by atomic mass is 9.96. The third-order valence-electron chi connectivity index (χ3n) is 4.82. The molecule has 0 radical (unpaired) electrons. The van der Waals surface area contributed by atoms with Crippen LogP contribution in [0.4, 0.5) is 32.4 Å². The summed E-state index contributed by atoms with van der Waals surface area (Å²) in [5.74, 6) is -3.50. The number of aryl methyl sites for hydroxylation is 2. The maximum Gasteiger partial charge on any atom is 0.416 e. The Kier molecular flexibility index (Phi) is 6.73. The molecule has 0 aliphatic rings. The average molecular weight is 483 g/mol. The first-order valence-electron chi connectivity index (χ1n) is 9.43. The van der Waals surface area contributed by atoms with Gasteiger partial charge in [0.25, 0.3) is 5.91 Å². The van der Waals surface area contributed by atoms with E-state index in [1.165, 1.54) is 12.1 Å². The van der Waals surface area contributed by atoms with Crippen molar-refractivity contribution < 1.29 is 31.5 Å². The van der Waals surface area contributed by atoms with Crippen LogP contribution in [-0.4, -0.2) is 11.9 Å². The largest absolute Gasteiger partial charge is 0.416 e. The van der Waals surface area contributed by atoms with E-state index in [2.05, 4.69) is 5.32 Å². The minimum absolute atomic E-state index is 0.0942. The van der Waals surface area contributed by atoms with Crippen molar-refractivity contribution in [3.8, 4) is 11.1 Å². The van der Waals surface area contributed by atoms with Gasteiger partial charge >= 0.3 is 12.2 Å². The van der Waals surface area contributed by atoms with E-state index in [0.717, 1.165) is 30.3 Å². The molecule has 0 aliphatic carbocycles.